The van der Waals surface area contributed by atoms with E-state index in [2.05, 4.69) is 53.4 Å². The topological polar surface area (TPSA) is 75.5 Å². The van der Waals surface area contributed by atoms with Crippen molar-refractivity contribution in [1.29, 1.82) is 0 Å². The molecule has 27 heavy (non-hydrogen) atoms. The molecule has 0 radical (unpaired) electrons. The summed E-state index contributed by atoms with van der Waals surface area (Å²) in [5.74, 6) is 1.86. The maximum absolute atomic E-state index is 12.7. The average molecular weight is 380 g/mol. The van der Waals surface area contributed by atoms with Crippen LogP contribution in [0.3, 0.4) is 0 Å². The van der Waals surface area contributed by atoms with Gasteiger partial charge in [-0.3, -0.25) is 4.79 Å². The molecule has 0 saturated carbocycles. The number of aromatic amines is 1. The van der Waals surface area contributed by atoms with Gasteiger partial charge in [-0.15, -0.1) is 11.3 Å². The second kappa shape index (κ2) is 7.50. The number of hydrogen-bond donors (Lipinski definition) is 2. The minimum atomic E-state index is -0.114. The molecule has 3 aromatic heterocycles. The zero-order chi connectivity index (χ0) is 18.8. The maximum Gasteiger partial charge on any atom is 0.260 e. The molecule has 1 atom stereocenters. The minimum absolute atomic E-state index is 0.114. The molecule has 0 bridgehead atoms. The van der Waals surface area contributed by atoms with Crippen LogP contribution in [-0.4, -0.2) is 9.97 Å². The highest BCUT2D eigenvalue weighted by molar-refractivity contribution is 7.17. The van der Waals surface area contributed by atoms with Crippen LogP contribution < -0.4 is 10.9 Å². The number of hydrogen-bond acceptors (Lipinski definition) is 4. The standard InChI is InChI=1S/C21H21N3O2S/c1-13(2)19(14-7-4-3-5-8-14)22-11-17-23-20(25)18-15(12-27-21(18)24-17)16-9-6-10-26-16/h3-10,12-13,19,22H,11H2,1-2H3,(H,23,24,25)/p+1/t19-/m0/s1. The van der Waals surface area contributed by atoms with Gasteiger partial charge in [0.2, 0.25) is 0 Å². The number of aromatic nitrogens is 2. The van der Waals surface area contributed by atoms with Gasteiger partial charge in [-0.05, 0) is 12.1 Å². The number of nitrogens with zero attached hydrogens (tertiary/aromatic N) is 1. The van der Waals surface area contributed by atoms with Crippen LogP contribution in [0.5, 0.6) is 0 Å². The lowest BCUT2D eigenvalue weighted by atomic mass is 9.96. The fourth-order valence-corrected chi connectivity index (χ4v) is 4.36. The molecule has 0 aliphatic heterocycles. The number of rotatable bonds is 6. The number of quaternary nitrogens is 1. The summed E-state index contributed by atoms with van der Waals surface area (Å²) in [4.78, 5) is 21.1. The SMILES string of the molecule is CC(C)[C@H]([NH2+]Cc1nc2scc(-c3ccco3)c2c(=O)[nH]1)c1ccccc1. The summed E-state index contributed by atoms with van der Waals surface area (Å²) in [6, 6.07) is 14.4. The van der Waals surface area contributed by atoms with Crippen LogP contribution in [0, 0.1) is 5.92 Å². The second-order valence-electron chi connectivity index (χ2n) is 6.94. The molecule has 0 spiro atoms. The molecule has 5 nitrogen and oxygen atoms in total. The van der Waals surface area contributed by atoms with E-state index in [1.54, 1.807) is 6.26 Å². The number of H-pyrrole nitrogens is 1. The van der Waals surface area contributed by atoms with Crippen molar-refractivity contribution in [3.05, 3.63) is 75.8 Å². The monoisotopic (exact) mass is 380 g/mol. The van der Waals surface area contributed by atoms with Gasteiger partial charge in [-0.2, -0.15) is 0 Å². The van der Waals surface area contributed by atoms with Crippen molar-refractivity contribution in [3.8, 4) is 11.3 Å². The molecule has 3 N–H and O–H groups in total. The number of thiophene rings is 1. The maximum atomic E-state index is 12.7. The molecule has 0 aliphatic rings. The van der Waals surface area contributed by atoms with Crippen LogP contribution in [0.4, 0.5) is 0 Å². The lowest BCUT2D eigenvalue weighted by molar-refractivity contribution is -0.718. The summed E-state index contributed by atoms with van der Waals surface area (Å²) in [5.41, 5.74) is 1.97. The van der Waals surface area contributed by atoms with Gasteiger partial charge in [-0.1, -0.05) is 44.2 Å². The Morgan fingerprint density at radius 3 is 2.70 bits per heavy atom. The number of fused-ring (bicyclic) bond motifs is 1. The molecular formula is C21H22N3O2S+. The Balaban J connectivity index is 1.60. The zero-order valence-corrected chi connectivity index (χ0v) is 16.1. The van der Waals surface area contributed by atoms with E-state index >= 15 is 0 Å². The Bertz CT molecular complexity index is 1080. The van der Waals surface area contributed by atoms with E-state index in [1.807, 2.05) is 23.6 Å². The average Bonchev–Trinajstić information content (AvgIpc) is 3.32. The van der Waals surface area contributed by atoms with Crippen LogP contribution in [-0.2, 0) is 6.54 Å². The Labute approximate surface area is 161 Å². The van der Waals surface area contributed by atoms with E-state index in [-0.39, 0.29) is 5.56 Å². The zero-order valence-electron chi connectivity index (χ0n) is 15.3. The molecular weight excluding hydrogens is 358 g/mol. The highest BCUT2D eigenvalue weighted by atomic mass is 32.1. The van der Waals surface area contributed by atoms with Crippen molar-refractivity contribution in [3.63, 3.8) is 0 Å². The lowest BCUT2D eigenvalue weighted by Crippen LogP contribution is -2.85. The number of benzene rings is 1. The fraction of sp³-hybridized carbons (Fsp3) is 0.238. The molecule has 0 aliphatic carbocycles. The van der Waals surface area contributed by atoms with Gasteiger partial charge in [0.1, 0.15) is 23.2 Å². The Hall–Kier alpha value is -2.70. The number of nitrogens with one attached hydrogen (secondary N) is 1. The molecule has 0 unspecified atom stereocenters. The van der Waals surface area contributed by atoms with Gasteiger partial charge < -0.3 is 14.7 Å². The van der Waals surface area contributed by atoms with Crippen molar-refractivity contribution >= 4 is 21.6 Å². The van der Waals surface area contributed by atoms with Gasteiger partial charge in [0.15, 0.2) is 5.82 Å². The second-order valence-corrected chi connectivity index (χ2v) is 7.80. The molecule has 1 aromatic carbocycles. The van der Waals surface area contributed by atoms with Gasteiger partial charge in [0.25, 0.3) is 5.56 Å². The van der Waals surface area contributed by atoms with Crippen LogP contribution >= 0.6 is 11.3 Å². The largest absolute Gasteiger partial charge is 0.464 e. The Morgan fingerprint density at radius 1 is 1.19 bits per heavy atom. The van der Waals surface area contributed by atoms with Crippen LogP contribution in [0.2, 0.25) is 0 Å². The minimum Gasteiger partial charge on any atom is -0.464 e. The number of furan rings is 1. The molecule has 6 heteroatoms. The van der Waals surface area contributed by atoms with Gasteiger partial charge in [0, 0.05) is 22.4 Å². The third kappa shape index (κ3) is 3.59. The summed E-state index contributed by atoms with van der Waals surface area (Å²) >= 11 is 1.47. The lowest BCUT2D eigenvalue weighted by Gasteiger charge is -2.19. The third-order valence-electron chi connectivity index (χ3n) is 4.75. The van der Waals surface area contributed by atoms with Crippen LogP contribution in [0.1, 0.15) is 31.3 Å². The number of nitrogens with two attached hydrogens (primary N) is 1. The van der Waals surface area contributed by atoms with E-state index in [0.717, 1.165) is 10.4 Å². The van der Waals surface area contributed by atoms with E-state index in [1.165, 1.54) is 16.9 Å². The van der Waals surface area contributed by atoms with Crippen molar-refractivity contribution in [2.75, 3.05) is 0 Å². The normalized spacial score (nSPS) is 12.7. The first-order chi connectivity index (χ1) is 13.1. The van der Waals surface area contributed by atoms with E-state index in [9.17, 15) is 4.79 Å². The van der Waals surface area contributed by atoms with E-state index < -0.39 is 0 Å². The van der Waals surface area contributed by atoms with Crippen LogP contribution in [0.15, 0.2) is 63.3 Å². The van der Waals surface area contributed by atoms with Crippen molar-refractivity contribution in [1.82, 2.24) is 9.97 Å². The molecule has 4 aromatic rings. The summed E-state index contributed by atoms with van der Waals surface area (Å²) in [6.07, 6.45) is 1.61. The quantitative estimate of drug-likeness (QED) is 0.535. The predicted molar refractivity (Wildman–Crippen MR) is 108 cm³/mol. The van der Waals surface area contributed by atoms with Gasteiger partial charge in [-0.25, -0.2) is 4.98 Å². The van der Waals surface area contributed by atoms with Crippen molar-refractivity contribution < 1.29 is 9.73 Å². The van der Waals surface area contributed by atoms with Crippen molar-refractivity contribution in [2.45, 2.75) is 26.4 Å². The molecule has 138 valence electrons. The van der Waals surface area contributed by atoms with Gasteiger partial charge in [0.05, 0.1) is 11.6 Å². The molecule has 0 saturated heterocycles. The summed E-state index contributed by atoms with van der Waals surface area (Å²) in [7, 11) is 0. The summed E-state index contributed by atoms with van der Waals surface area (Å²) in [6.45, 7) is 5.04. The predicted octanol–water partition coefficient (Wildman–Crippen LogP) is 3.71. The smallest absolute Gasteiger partial charge is 0.260 e. The van der Waals surface area contributed by atoms with Gasteiger partial charge >= 0.3 is 0 Å². The molecule has 0 fully saturated rings. The summed E-state index contributed by atoms with van der Waals surface area (Å²) < 4.78 is 5.45. The highest BCUT2D eigenvalue weighted by Crippen LogP contribution is 2.30. The van der Waals surface area contributed by atoms with E-state index in [0.29, 0.717) is 35.5 Å². The van der Waals surface area contributed by atoms with E-state index in [4.69, 9.17) is 4.42 Å². The molecule has 3 heterocycles. The molecule has 0 amide bonds. The first-order valence-electron chi connectivity index (χ1n) is 9.06. The third-order valence-corrected chi connectivity index (χ3v) is 5.62. The first-order valence-corrected chi connectivity index (χ1v) is 9.94. The van der Waals surface area contributed by atoms with Crippen molar-refractivity contribution in [2.24, 2.45) is 5.92 Å². The highest BCUT2D eigenvalue weighted by Gasteiger charge is 2.20. The first kappa shape index (κ1) is 17.7. The fourth-order valence-electron chi connectivity index (χ4n) is 3.41. The molecule has 4 rings (SSSR count). The Kier molecular flexibility index (Phi) is 4.92. The summed E-state index contributed by atoms with van der Waals surface area (Å²) in [5, 5.41) is 4.77. The Morgan fingerprint density at radius 2 is 2.00 bits per heavy atom. The van der Waals surface area contributed by atoms with Crippen LogP contribution in [0.25, 0.3) is 21.5 Å².